The summed E-state index contributed by atoms with van der Waals surface area (Å²) in [7, 11) is 0. The molecule has 17 heavy (non-hydrogen) atoms. The first-order valence-corrected chi connectivity index (χ1v) is 5.22. The van der Waals surface area contributed by atoms with Crippen molar-refractivity contribution in [3.05, 3.63) is 35.9 Å². The predicted octanol–water partition coefficient (Wildman–Crippen LogP) is 0.863. The lowest BCUT2D eigenvalue weighted by Gasteiger charge is -2.09. The third-order valence-electron chi connectivity index (χ3n) is 2.12. The summed E-state index contributed by atoms with van der Waals surface area (Å²) in [6, 6.07) is 9.22. The van der Waals surface area contributed by atoms with Crippen molar-refractivity contribution in [2.75, 3.05) is 6.54 Å². The molecule has 0 radical (unpaired) electrons. The molecular weight excluding hydrogens is 222 g/mol. The molecule has 0 spiro atoms. The van der Waals surface area contributed by atoms with Crippen LogP contribution in [0.5, 0.6) is 0 Å². The Balaban J connectivity index is 2.24. The Labute approximate surface area is 99.4 Å². The molecule has 0 bridgehead atoms. The van der Waals surface area contributed by atoms with Gasteiger partial charge in [0.05, 0.1) is 6.54 Å². The van der Waals surface area contributed by atoms with Crippen LogP contribution in [0.3, 0.4) is 0 Å². The Morgan fingerprint density at radius 1 is 1.35 bits per heavy atom. The van der Waals surface area contributed by atoms with E-state index < -0.39 is 18.0 Å². The summed E-state index contributed by atoms with van der Waals surface area (Å²) >= 11 is 0. The van der Waals surface area contributed by atoms with E-state index in [2.05, 4.69) is 5.32 Å². The van der Waals surface area contributed by atoms with Gasteiger partial charge in [-0.1, -0.05) is 30.3 Å². The van der Waals surface area contributed by atoms with Gasteiger partial charge in [0.25, 0.3) is 0 Å². The highest BCUT2D eigenvalue weighted by molar-refractivity contribution is 5.81. The van der Waals surface area contributed by atoms with Crippen LogP contribution in [0.4, 0.5) is 4.79 Å². The van der Waals surface area contributed by atoms with E-state index in [0.29, 0.717) is 0 Å². The van der Waals surface area contributed by atoms with Crippen molar-refractivity contribution in [3.8, 4) is 0 Å². The second-order valence-corrected chi connectivity index (χ2v) is 3.57. The number of aliphatic hydroxyl groups is 1. The number of carbonyl (C=O) groups is 2. The number of benzene rings is 1. The lowest BCUT2D eigenvalue weighted by molar-refractivity contribution is -0.124. The third-order valence-corrected chi connectivity index (χ3v) is 2.12. The molecule has 5 heteroatoms. The fourth-order valence-electron chi connectivity index (χ4n) is 1.10. The maximum Gasteiger partial charge on any atom is 0.407 e. The number of amides is 1. The van der Waals surface area contributed by atoms with Crippen molar-refractivity contribution >= 4 is 11.9 Å². The van der Waals surface area contributed by atoms with Crippen molar-refractivity contribution in [1.82, 2.24) is 5.32 Å². The van der Waals surface area contributed by atoms with Gasteiger partial charge in [0, 0.05) is 0 Å². The van der Waals surface area contributed by atoms with Gasteiger partial charge in [-0.15, -0.1) is 0 Å². The lowest BCUT2D eigenvalue weighted by Crippen LogP contribution is -2.35. The normalized spacial score (nSPS) is 11.6. The molecule has 1 aromatic rings. The van der Waals surface area contributed by atoms with E-state index in [-0.39, 0.29) is 13.2 Å². The molecule has 92 valence electrons. The molecule has 0 aromatic heterocycles. The van der Waals surface area contributed by atoms with E-state index in [1.807, 2.05) is 30.3 Å². The molecule has 1 amide bonds. The number of nitrogens with one attached hydrogen (secondary N) is 1. The molecule has 0 heterocycles. The van der Waals surface area contributed by atoms with Crippen molar-refractivity contribution in [1.29, 1.82) is 0 Å². The summed E-state index contributed by atoms with van der Waals surface area (Å²) in [6.07, 6.45) is -1.84. The highest BCUT2D eigenvalue weighted by Gasteiger charge is 2.11. The summed E-state index contributed by atoms with van der Waals surface area (Å²) in [5, 5.41) is 11.4. The molecular formula is C12H15NO4. The third kappa shape index (κ3) is 5.12. The smallest absolute Gasteiger partial charge is 0.407 e. The molecule has 0 fully saturated rings. The average molecular weight is 237 g/mol. The second kappa shape index (κ2) is 6.65. The van der Waals surface area contributed by atoms with Crippen molar-refractivity contribution < 1.29 is 19.4 Å². The van der Waals surface area contributed by atoms with Crippen LogP contribution in [-0.2, 0) is 16.1 Å². The van der Waals surface area contributed by atoms with Crippen LogP contribution in [-0.4, -0.2) is 29.6 Å². The molecule has 1 atom stereocenters. The van der Waals surface area contributed by atoms with Crippen molar-refractivity contribution in [2.24, 2.45) is 0 Å². The lowest BCUT2D eigenvalue weighted by atomic mass is 10.2. The molecule has 2 N–H and O–H groups in total. The highest BCUT2D eigenvalue weighted by atomic mass is 16.5. The fraction of sp³-hybridized carbons (Fsp3) is 0.333. The largest absolute Gasteiger partial charge is 0.445 e. The maximum absolute atomic E-state index is 11.2. The second-order valence-electron chi connectivity index (χ2n) is 3.57. The highest BCUT2D eigenvalue weighted by Crippen LogP contribution is 2.00. The van der Waals surface area contributed by atoms with Crippen LogP contribution in [0.15, 0.2) is 30.3 Å². The summed E-state index contributed by atoms with van der Waals surface area (Å²) < 4.78 is 4.89. The van der Waals surface area contributed by atoms with Gasteiger partial charge in [-0.2, -0.15) is 0 Å². The van der Waals surface area contributed by atoms with Crippen LogP contribution in [0.1, 0.15) is 12.5 Å². The van der Waals surface area contributed by atoms with Crippen LogP contribution in [0, 0.1) is 0 Å². The summed E-state index contributed by atoms with van der Waals surface area (Å²) in [5.41, 5.74) is 0.870. The van der Waals surface area contributed by atoms with E-state index in [1.54, 1.807) is 0 Å². The number of ether oxygens (including phenoxy) is 1. The van der Waals surface area contributed by atoms with Crippen molar-refractivity contribution in [2.45, 2.75) is 19.6 Å². The number of hydrogen-bond donors (Lipinski definition) is 2. The quantitative estimate of drug-likeness (QED) is 0.796. The van der Waals surface area contributed by atoms with Crippen LogP contribution in [0.25, 0.3) is 0 Å². The number of aliphatic hydroxyl groups excluding tert-OH is 1. The fourth-order valence-corrected chi connectivity index (χ4v) is 1.10. The number of ketones is 1. The van der Waals surface area contributed by atoms with Gasteiger partial charge in [0.15, 0.2) is 5.78 Å². The van der Waals surface area contributed by atoms with Gasteiger partial charge in [0.1, 0.15) is 12.7 Å². The average Bonchev–Trinajstić information content (AvgIpc) is 2.34. The minimum absolute atomic E-state index is 0.136. The van der Waals surface area contributed by atoms with E-state index >= 15 is 0 Å². The Morgan fingerprint density at radius 2 is 2.00 bits per heavy atom. The first kappa shape index (κ1) is 13.2. The van der Waals surface area contributed by atoms with Gasteiger partial charge in [-0.05, 0) is 12.5 Å². The van der Waals surface area contributed by atoms with E-state index in [1.165, 1.54) is 6.92 Å². The zero-order valence-electron chi connectivity index (χ0n) is 9.55. The number of rotatable bonds is 5. The van der Waals surface area contributed by atoms with E-state index in [4.69, 9.17) is 9.84 Å². The topological polar surface area (TPSA) is 75.6 Å². The van der Waals surface area contributed by atoms with Crippen LogP contribution in [0.2, 0.25) is 0 Å². The molecule has 0 unspecified atom stereocenters. The molecule has 0 saturated heterocycles. The van der Waals surface area contributed by atoms with Crippen LogP contribution >= 0.6 is 0 Å². The summed E-state index contributed by atoms with van der Waals surface area (Å²) in [5.74, 6) is -0.395. The van der Waals surface area contributed by atoms with E-state index in [9.17, 15) is 9.59 Å². The van der Waals surface area contributed by atoms with Gasteiger partial charge in [0.2, 0.25) is 0 Å². The zero-order chi connectivity index (χ0) is 12.7. The minimum Gasteiger partial charge on any atom is -0.445 e. The van der Waals surface area contributed by atoms with E-state index in [0.717, 1.165) is 5.56 Å². The molecule has 1 aromatic carbocycles. The standard InChI is InChI=1S/C12H15NO4/c1-9(14)11(15)7-13-12(16)17-8-10-5-3-2-4-6-10/h2-6,11,15H,7-8H2,1H3,(H,13,16)/t11-/m1/s1. The summed E-state index contributed by atoms with van der Waals surface area (Å²) in [4.78, 5) is 21.9. The molecule has 0 saturated carbocycles. The van der Waals surface area contributed by atoms with Crippen LogP contribution < -0.4 is 5.32 Å². The Morgan fingerprint density at radius 3 is 2.59 bits per heavy atom. The monoisotopic (exact) mass is 237 g/mol. The van der Waals surface area contributed by atoms with Gasteiger partial charge in [-0.25, -0.2) is 4.79 Å². The predicted molar refractivity (Wildman–Crippen MR) is 61.3 cm³/mol. The summed E-state index contributed by atoms with van der Waals surface area (Å²) in [6.45, 7) is 1.27. The zero-order valence-corrected chi connectivity index (χ0v) is 9.55. The van der Waals surface area contributed by atoms with Gasteiger partial charge in [-0.3, -0.25) is 4.79 Å². The first-order valence-electron chi connectivity index (χ1n) is 5.22. The number of hydrogen-bond acceptors (Lipinski definition) is 4. The SMILES string of the molecule is CC(=O)[C@H](O)CNC(=O)OCc1ccccc1. The Hall–Kier alpha value is -1.88. The molecule has 0 aliphatic carbocycles. The Bertz CT molecular complexity index is 377. The minimum atomic E-state index is -1.18. The molecule has 0 aliphatic rings. The number of alkyl carbamates (subject to hydrolysis) is 1. The number of carbonyl (C=O) groups excluding carboxylic acids is 2. The Kier molecular flexibility index (Phi) is 5.16. The maximum atomic E-state index is 11.2. The first-order chi connectivity index (χ1) is 8.09. The van der Waals surface area contributed by atoms with Gasteiger partial charge < -0.3 is 15.2 Å². The van der Waals surface area contributed by atoms with Gasteiger partial charge >= 0.3 is 6.09 Å². The van der Waals surface area contributed by atoms with Crippen molar-refractivity contribution in [3.63, 3.8) is 0 Å². The molecule has 5 nitrogen and oxygen atoms in total. The number of Topliss-reactive ketones (excluding diaryl/α,β-unsaturated/α-hetero) is 1. The molecule has 1 rings (SSSR count). The molecule has 0 aliphatic heterocycles.